The summed E-state index contributed by atoms with van der Waals surface area (Å²) in [6, 6.07) is 0. The molecule has 0 N–H and O–H groups in total. The number of Topliss-reactive ketones (excluding diaryl/α,β-unsaturated/α-hetero) is 1. The van der Waals surface area contributed by atoms with Gasteiger partial charge in [0.2, 0.25) is 0 Å². The van der Waals surface area contributed by atoms with Gasteiger partial charge < -0.3 is 0 Å². The van der Waals surface area contributed by atoms with Crippen LogP contribution < -0.4 is 0 Å². The molecule has 3 aliphatic rings. The van der Waals surface area contributed by atoms with E-state index in [1.165, 1.54) is 0 Å². The predicted molar refractivity (Wildman–Crippen MR) is 39.6 cm³/mol. The first-order chi connectivity index (χ1) is 4.62. The lowest BCUT2D eigenvalue weighted by Crippen LogP contribution is -2.44. The quantitative estimate of drug-likeness (QED) is 0.497. The lowest BCUT2D eigenvalue weighted by Gasteiger charge is -2.46. The first kappa shape index (κ1) is 6.14. The SMILES string of the molecule is CC1=CC2CC(C)(C2)C1=O. The molecule has 0 saturated heterocycles. The fraction of sp³-hybridized carbons (Fsp3) is 0.667. The minimum absolute atomic E-state index is 0.0451. The van der Waals surface area contributed by atoms with Crippen molar-refractivity contribution in [3.63, 3.8) is 0 Å². The number of fused-ring (bicyclic) bond motifs is 1. The molecule has 1 fully saturated rings. The summed E-state index contributed by atoms with van der Waals surface area (Å²) in [7, 11) is 0. The van der Waals surface area contributed by atoms with Gasteiger partial charge in [-0.2, -0.15) is 0 Å². The molecule has 0 aromatic carbocycles. The molecule has 10 heavy (non-hydrogen) atoms. The maximum Gasteiger partial charge on any atom is 0.164 e. The van der Waals surface area contributed by atoms with E-state index in [-0.39, 0.29) is 5.41 Å². The zero-order chi connectivity index (χ0) is 7.35. The van der Waals surface area contributed by atoms with Crippen molar-refractivity contribution in [1.29, 1.82) is 0 Å². The van der Waals surface area contributed by atoms with Crippen molar-refractivity contribution < 1.29 is 4.79 Å². The van der Waals surface area contributed by atoms with Crippen molar-refractivity contribution >= 4 is 5.78 Å². The molecule has 1 nitrogen and oxygen atoms in total. The van der Waals surface area contributed by atoms with Gasteiger partial charge in [0, 0.05) is 5.41 Å². The van der Waals surface area contributed by atoms with Crippen LogP contribution in [0.5, 0.6) is 0 Å². The highest BCUT2D eigenvalue weighted by Crippen LogP contribution is 2.51. The van der Waals surface area contributed by atoms with Gasteiger partial charge in [0.25, 0.3) is 0 Å². The zero-order valence-corrected chi connectivity index (χ0v) is 6.48. The molecule has 0 aromatic rings. The Labute approximate surface area is 61.1 Å². The van der Waals surface area contributed by atoms with Crippen molar-refractivity contribution in [2.45, 2.75) is 26.7 Å². The van der Waals surface area contributed by atoms with Gasteiger partial charge >= 0.3 is 0 Å². The van der Waals surface area contributed by atoms with Crippen LogP contribution >= 0.6 is 0 Å². The predicted octanol–water partition coefficient (Wildman–Crippen LogP) is 1.93. The van der Waals surface area contributed by atoms with Gasteiger partial charge in [-0.15, -0.1) is 0 Å². The molecule has 3 rings (SSSR count). The summed E-state index contributed by atoms with van der Waals surface area (Å²) in [4.78, 5) is 11.4. The average Bonchev–Trinajstić information content (AvgIpc) is 1.78. The van der Waals surface area contributed by atoms with Crippen LogP contribution in [0, 0.1) is 11.3 Å². The molecule has 0 aromatic heterocycles. The molecule has 0 atom stereocenters. The highest BCUT2D eigenvalue weighted by atomic mass is 16.1. The van der Waals surface area contributed by atoms with E-state index in [9.17, 15) is 4.79 Å². The van der Waals surface area contributed by atoms with Gasteiger partial charge in [-0.05, 0) is 31.3 Å². The van der Waals surface area contributed by atoms with Crippen LogP contribution in [0.2, 0.25) is 0 Å². The van der Waals surface area contributed by atoms with Crippen LogP contribution in [0.4, 0.5) is 0 Å². The van der Waals surface area contributed by atoms with E-state index in [0.29, 0.717) is 5.78 Å². The molecule has 0 amide bonds. The lowest BCUT2D eigenvalue weighted by molar-refractivity contribution is -0.131. The number of carbonyl (C=O) groups excluding carboxylic acids is 1. The van der Waals surface area contributed by atoms with E-state index in [0.717, 1.165) is 24.3 Å². The van der Waals surface area contributed by atoms with Crippen LogP contribution in [-0.2, 0) is 4.79 Å². The van der Waals surface area contributed by atoms with Gasteiger partial charge in [-0.3, -0.25) is 4.79 Å². The van der Waals surface area contributed by atoms with Gasteiger partial charge in [-0.1, -0.05) is 13.0 Å². The Bertz CT molecular complexity index is 219. The summed E-state index contributed by atoms with van der Waals surface area (Å²) >= 11 is 0. The molecule has 0 aliphatic heterocycles. The molecule has 54 valence electrons. The van der Waals surface area contributed by atoms with Crippen LogP contribution in [0.25, 0.3) is 0 Å². The molecule has 1 heteroatoms. The number of hydrogen-bond donors (Lipinski definition) is 0. The second kappa shape index (κ2) is 1.52. The third-order valence-corrected chi connectivity index (χ3v) is 2.82. The minimum atomic E-state index is 0.0451. The largest absolute Gasteiger partial charge is 0.294 e. The first-order valence-corrected chi connectivity index (χ1v) is 3.85. The Hall–Kier alpha value is -0.590. The summed E-state index contributed by atoms with van der Waals surface area (Å²) < 4.78 is 0. The summed E-state index contributed by atoms with van der Waals surface area (Å²) in [5, 5.41) is 0. The van der Waals surface area contributed by atoms with E-state index in [1.54, 1.807) is 0 Å². The fourth-order valence-corrected chi connectivity index (χ4v) is 2.31. The molecule has 2 bridgehead atoms. The Morgan fingerprint density at radius 1 is 1.60 bits per heavy atom. The van der Waals surface area contributed by atoms with E-state index < -0.39 is 0 Å². The average molecular weight is 136 g/mol. The van der Waals surface area contributed by atoms with Crippen LogP contribution in [-0.4, -0.2) is 5.78 Å². The fourth-order valence-electron chi connectivity index (χ4n) is 2.31. The first-order valence-electron chi connectivity index (χ1n) is 3.85. The van der Waals surface area contributed by atoms with Gasteiger partial charge in [-0.25, -0.2) is 0 Å². The number of hydrogen-bond acceptors (Lipinski definition) is 1. The van der Waals surface area contributed by atoms with Gasteiger partial charge in [0.15, 0.2) is 5.78 Å². The standard InChI is InChI=1S/C9H12O/c1-6-3-7-4-9(2,5-7)8(6)10/h3,7H,4-5H2,1-2H3. The van der Waals surface area contributed by atoms with Crippen LogP contribution in [0.15, 0.2) is 11.6 Å². The highest BCUT2D eigenvalue weighted by Gasteiger charge is 2.48. The monoisotopic (exact) mass is 136 g/mol. The third-order valence-electron chi connectivity index (χ3n) is 2.82. The van der Waals surface area contributed by atoms with Gasteiger partial charge in [0.1, 0.15) is 0 Å². The van der Waals surface area contributed by atoms with E-state index in [2.05, 4.69) is 13.0 Å². The number of carbonyl (C=O) groups is 1. The summed E-state index contributed by atoms with van der Waals surface area (Å²) in [5.74, 6) is 1.11. The van der Waals surface area contributed by atoms with Gasteiger partial charge in [0.05, 0.1) is 0 Å². The molecule has 1 saturated carbocycles. The molecule has 0 spiro atoms. The molecular formula is C9H12O. The second-order valence-electron chi connectivity index (χ2n) is 3.91. The van der Waals surface area contributed by atoms with Crippen molar-refractivity contribution in [3.05, 3.63) is 11.6 Å². The number of rotatable bonds is 0. The smallest absolute Gasteiger partial charge is 0.164 e. The third kappa shape index (κ3) is 0.556. The molecular weight excluding hydrogens is 124 g/mol. The maximum absolute atomic E-state index is 11.4. The minimum Gasteiger partial charge on any atom is -0.294 e. The van der Waals surface area contributed by atoms with Crippen molar-refractivity contribution in [2.24, 2.45) is 11.3 Å². The Morgan fingerprint density at radius 3 is 2.60 bits per heavy atom. The molecule has 0 heterocycles. The van der Waals surface area contributed by atoms with Crippen molar-refractivity contribution in [2.75, 3.05) is 0 Å². The van der Waals surface area contributed by atoms with E-state index in [4.69, 9.17) is 0 Å². The van der Waals surface area contributed by atoms with Crippen molar-refractivity contribution in [3.8, 4) is 0 Å². The molecule has 3 aliphatic carbocycles. The normalized spacial score (nSPS) is 44.4. The topological polar surface area (TPSA) is 17.1 Å². The van der Waals surface area contributed by atoms with Crippen LogP contribution in [0.1, 0.15) is 26.7 Å². The Kier molecular flexibility index (Phi) is 0.936. The molecule has 0 radical (unpaired) electrons. The lowest BCUT2D eigenvalue weighted by atomic mass is 9.56. The van der Waals surface area contributed by atoms with E-state index in [1.807, 2.05) is 6.92 Å². The van der Waals surface area contributed by atoms with Crippen LogP contribution in [0.3, 0.4) is 0 Å². The number of allylic oxidation sites excluding steroid dienone is 2. The van der Waals surface area contributed by atoms with E-state index >= 15 is 0 Å². The number of ketones is 1. The second-order valence-corrected chi connectivity index (χ2v) is 3.91. The zero-order valence-electron chi connectivity index (χ0n) is 6.48. The maximum atomic E-state index is 11.4. The van der Waals surface area contributed by atoms with Crippen molar-refractivity contribution in [1.82, 2.24) is 0 Å². The Balaban J connectivity index is 2.40. The Morgan fingerprint density at radius 2 is 2.20 bits per heavy atom. The summed E-state index contributed by atoms with van der Waals surface area (Å²) in [5.41, 5.74) is 1.04. The molecule has 0 unspecified atom stereocenters. The summed E-state index contributed by atoms with van der Waals surface area (Å²) in [6.07, 6.45) is 4.33. The highest BCUT2D eigenvalue weighted by molar-refractivity contribution is 6.01. The summed E-state index contributed by atoms with van der Waals surface area (Å²) in [6.45, 7) is 4.02.